The zero-order valence-electron chi connectivity index (χ0n) is 16.1. The van der Waals surface area contributed by atoms with Crippen LogP contribution in [-0.4, -0.2) is 22.1 Å². The average molecular weight is 394 g/mol. The molecule has 2 aromatic carbocycles. The number of thiazole rings is 1. The van der Waals surface area contributed by atoms with Gasteiger partial charge in [-0.3, -0.25) is 4.79 Å². The maximum absolute atomic E-state index is 12.9. The fourth-order valence-electron chi connectivity index (χ4n) is 3.04. The van der Waals surface area contributed by atoms with Crippen LogP contribution in [0.25, 0.3) is 22.1 Å². The summed E-state index contributed by atoms with van der Waals surface area (Å²) in [5.41, 5.74) is 2.52. The minimum Gasteiger partial charge on any atom is -0.490 e. The quantitative estimate of drug-likeness (QED) is 0.495. The first kappa shape index (κ1) is 18.5. The van der Waals surface area contributed by atoms with Crippen molar-refractivity contribution in [3.8, 4) is 11.5 Å². The summed E-state index contributed by atoms with van der Waals surface area (Å²) in [7, 11) is 0. The molecule has 0 spiro atoms. The number of rotatable bonds is 6. The monoisotopic (exact) mass is 394 g/mol. The van der Waals surface area contributed by atoms with E-state index in [-0.39, 0.29) is 11.7 Å². The lowest BCUT2D eigenvalue weighted by molar-refractivity contribution is 0.203. The zero-order valence-corrected chi connectivity index (χ0v) is 17.0. The first-order valence-electron chi connectivity index (χ1n) is 9.46. The topological polar surface area (TPSA) is 52.8 Å². The van der Waals surface area contributed by atoms with Gasteiger partial charge >= 0.3 is 0 Å². The van der Waals surface area contributed by atoms with Crippen molar-refractivity contribution in [1.82, 2.24) is 9.38 Å². The Kier molecular flexibility index (Phi) is 5.05. The van der Waals surface area contributed by atoms with Gasteiger partial charge in [0.15, 0.2) is 16.5 Å². The molecule has 1 unspecified atom stereocenters. The van der Waals surface area contributed by atoms with E-state index in [4.69, 9.17) is 9.47 Å². The van der Waals surface area contributed by atoms with E-state index < -0.39 is 0 Å². The number of fused-ring (bicyclic) bond motifs is 3. The second-order valence-electron chi connectivity index (χ2n) is 6.61. The van der Waals surface area contributed by atoms with Crippen LogP contribution >= 0.6 is 11.3 Å². The molecule has 0 aliphatic carbocycles. The van der Waals surface area contributed by atoms with Gasteiger partial charge < -0.3 is 9.47 Å². The Bertz CT molecular complexity index is 1240. The molecule has 5 nitrogen and oxygen atoms in total. The number of aromatic nitrogens is 2. The van der Waals surface area contributed by atoms with E-state index in [9.17, 15) is 4.79 Å². The molecule has 0 aliphatic rings. The van der Waals surface area contributed by atoms with Gasteiger partial charge in [-0.15, -0.1) is 0 Å². The van der Waals surface area contributed by atoms with Gasteiger partial charge in [-0.2, -0.15) is 0 Å². The average Bonchev–Trinajstić information content (AvgIpc) is 3.20. The van der Waals surface area contributed by atoms with E-state index in [0.29, 0.717) is 21.8 Å². The summed E-state index contributed by atoms with van der Waals surface area (Å²) >= 11 is 1.39. The lowest BCUT2D eigenvalue weighted by atomic mass is 10.2. The molecule has 1 atom stereocenters. The number of benzene rings is 2. The van der Waals surface area contributed by atoms with Gasteiger partial charge in [-0.25, -0.2) is 9.38 Å². The van der Waals surface area contributed by atoms with E-state index in [1.54, 1.807) is 4.40 Å². The van der Waals surface area contributed by atoms with Crippen LogP contribution in [0.5, 0.6) is 11.5 Å². The highest BCUT2D eigenvalue weighted by atomic mass is 32.1. The minimum absolute atomic E-state index is 0.0495. The number of hydrogen-bond donors (Lipinski definition) is 0. The molecule has 28 heavy (non-hydrogen) atoms. The largest absolute Gasteiger partial charge is 0.490 e. The number of imidazole rings is 1. The van der Waals surface area contributed by atoms with Crippen molar-refractivity contribution >= 4 is 33.4 Å². The van der Waals surface area contributed by atoms with E-state index >= 15 is 0 Å². The molecule has 2 heterocycles. The van der Waals surface area contributed by atoms with Gasteiger partial charge in [0.2, 0.25) is 0 Å². The maximum atomic E-state index is 12.9. The molecule has 0 radical (unpaired) electrons. The third-order valence-corrected chi connectivity index (χ3v) is 5.58. The molecular weight excluding hydrogens is 372 g/mol. The van der Waals surface area contributed by atoms with E-state index in [1.807, 2.05) is 62.4 Å². The van der Waals surface area contributed by atoms with Crippen LogP contribution in [0.4, 0.5) is 0 Å². The molecule has 4 aromatic rings. The van der Waals surface area contributed by atoms with Crippen LogP contribution < -0.4 is 19.6 Å². The Balaban J connectivity index is 1.79. The van der Waals surface area contributed by atoms with Crippen LogP contribution in [0.2, 0.25) is 0 Å². The van der Waals surface area contributed by atoms with Crippen molar-refractivity contribution in [2.45, 2.75) is 33.3 Å². The highest BCUT2D eigenvalue weighted by Crippen LogP contribution is 2.30. The van der Waals surface area contributed by atoms with Gasteiger partial charge in [-0.1, -0.05) is 36.5 Å². The summed E-state index contributed by atoms with van der Waals surface area (Å²) in [6.45, 7) is 6.61. The molecule has 6 heteroatoms. The van der Waals surface area contributed by atoms with Crippen molar-refractivity contribution in [3.63, 3.8) is 0 Å². The van der Waals surface area contributed by atoms with Gasteiger partial charge in [0.25, 0.3) is 5.56 Å². The van der Waals surface area contributed by atoms with E-state index in [2.05, 4.69) is 11.9 Å². The molecule has 0 bridgehead atoms. The van der Waals surface area contributed by atoms with Crippen molar-refractivity contribution in [2.24, 2.45) is 0 Å². The fraction of sp³-hybridized carbons (Fsp3) is 0.273. The molecular formula is C22H22N2O3S. The highest BCUT2D eigenvalue weighted by molar-refractivity contribution is 7.15. The van der Waals surface area contributed by atoms with Gasteiger partial charge in [0.05, 0.1) is 28.3 Å². The first-order valence-corrected chi connectivity index (χ1v) is 10.3. The molecule has 0 aliphatic heterocycles. The molecule has 0 fully saturated rings. The summed E-state index contributed by atoms with van der Waals surface area (Å²) in [5.74, 6) is 1.42. The summed E-state index contributed by atoms with van der Waals surface area (Å²) in [6, 6.07) is 13.4. The standard InChI is InChI=1S/C22H22N2O3S/c1-4-14(3)27-18-11-10-15(12-19(18)26-5-2)13-20-21(25)24-17-9-7-6-8-16(17)23-22(24)28-20/h6-14H,4-5H2,1-3H3. The van der Waals surface area contributed by atoms with Crippen LogP contribution in [0.15, 0.2) is 47.3 Å². The van der Waals surface area contributed by atoms with Crippen LogP contribution in [0, 0.1) is 0 Å². The van der Waals surface area contributed by atoms with E-state index in [0.717, 1.165) is 28.8 Å². The Morgan fingerprint density at radius 1 is 1.18 bits per heavy atom. The summed E-state index contributed by atoms with van der Waals surface area (Å²) in [5, 5.41) is 0. The minimum atomic E-state index is -0.0495. The Hall–Kier alpha value is -2.86. The lowest BCUT2D eigenvalue weighted by Crippen LogP contribution is -2.22. The van der Waals surface area contributed by atoms with Crippen molar-refractivity contribution in [3.05, 3.63) is 62.9 Å². The van der Waals surface area contributed by atoms with Gasteiger partial charge in [0, 0.05) is 0 Å². The molecule has 0 saturated carbocycles. The lowest BCUT2D eigenvalue weighted by Gasteiger charge is -2.16. The van der Waals surface area contributed by atoms with E-state index in [1.165, 1.54) is 11.3 Å². The normalized spacial score (nSPS) is 13.3. The second kappa shape index (κ2) is 7.64. The Morgan fingerprint density at radius 3 is 2.79 bits per heavy atom. The molecule has 2 aromatic heterocycles. The fourth-order valence-corrected chi connectivity index (χ4v) is 4.03. The molecule has 4 rings (SSSR count). The van der Waals surface area contributed by atoms with Gasteiger partial charge in [0.1, 0.15) is 0 Å². The SMILES string of the molecule is CCOc1cc(C=c2sc3nc4ccccc4n3c2=O)ccc1OC(C)CC. The van der Waals surface area contributed by atoms with Crippen molar-refractivity contribution < 1.29 is 9.47 Å². The zero-order chi connectivity index (χ0) is 19.7. The maximum Gasteiger partial charge on any atom is 0.274 e. The van der Waals surface area contributed by atoms with Crippen molar-refractivity contribution in [2.75, 3.05) is 6.61 Å². The highest BCUT2D eigenvalue weighted by Gasteiger charge is 2.12. The van der Waals surface area contributed by atoms with Crippen molar-refractivity contribution in [1.29, 1.82) is 0 Å². The number of ether oxygens (including phenoxy) is 2. The molecule has 0 saturated heterocycles. The second-order valence-corrected chi connectivity index (χ2v) is 7.62. The predicted molar refractivity (Wildman–Crippen MR) is 114 cm³/mol. The Labute approximate surface area is 166 Å². The van der Waals surface area contributed by atoms with Crippen LogP contribution in [0.3, 0.4) is 0 Å². The summed E-state index contributed by atoms with van der Waals surface area (Å²) in [6.07, 6.45) is 2.91. The number of hydrogen-bond acceptors (Lipinski definition) is 5. The molecule has 0 amide bonds. The smallest absolute Gasteiger partial charge is 0.274 e. The summed E-state index contributed by atoms with van der Waals surface area (Å²) < 4.78 is 14.0. The number of nitrogens with zero attached hydrogens (tertiary/aromatic N) is 2. The number of para-hydroxylation sites is 2. The van der Waals surface area contributed by atoms with Gasteiger partial charge in [-0.05, 0) is 56.2 Å². The summed E-state index contributed by atoms with van der Waals surface area (Å²) in [4.78, 5) is 18.2. The third kappa shape index (κ3) is 3.36. The third-order valence-electron chi connectivity index (χ3n) is 4.61. The van der Waals surface area contributed by atoms with Crippen LogP contribution in [0.1, 0.15) is 32.8 Å². The van der Waals surface area contributed by atoms with Crippen LogP contribution in [-0.2, 0) is 0 Å². The Morgan fingerprint density at radius 2 is 2.00 bits per heavy atom. The first-order chi connectivity index (χ1) is 13.6. The molecule has 144 valence electrons. The predicted octanol–water partition coefficient (Wildman–Crippen LogP) is 4.03. The molecule has 0 N–H and O–H groups in total.